The zero-order valence-corrected chi connectivity index (χ0v) is 18.4. The Balaban J connectivity index is 1.78. The Bertz CT molecular complexity index is 1450. The molecule has 0 aromatic carbocycles. The maximum atomic E-state index is 13.8. The van der Waals surface area contributed by atoms with Gasteiger partial charge < -0.3 is 20.7 Å². The van der Waals surface area contributed by atoms with Gasteiger partial charge in [0.25, 0.3) is 11.8 Å². The Morgan fingerprint density at radius 3 is 2.74 bits per heavy atom. The van der Waals surface area contributed by atoms with Crippen molar-refractivity contribution in [1.29, 1.82) is 0 Å². The molecule has 11 nitrogen and oxygen atoms in total. The largest absolute Gasteiger partial charge is 0.491 e. The molecule has 4 rings (SSSR count). The lowest BCUT2D eigenvalue weighted by Gasteiger charge is -2.16. The summed E-state index contributed by atoms with van der Waals surface area (Å²) in [5.74, 6) is -3.04. The molecule has 4 aromatic heterocycles. The summed E-state index contributed by atoms with van der Waals surface area (Å²) in [5.41, 5.74) is 0.267. The van der Waals surface area contributed by atoms with Gasteiger partial charge in [0.05, 0.1) is 24.6 Å². The van der Waals surface area contributed by atoms with Crippen LogP contribution in [0.15, 0.2) is 36.9 Å². The lowest BCUT2D eigenvalue weighted by atomic mass is 10.2. The van der Waals surface area contributed by atoms with Crippen molar-refractivity contribution < 1.29 is 22.4 Å². The second-order valence-electron chi connectivity index (χ2n) is 7.51. The van der Waals surface area contributed by atoms with Crippen LogP contribution in [0.5, 0.6) is 5.75 Å². The van der Waals surface area contributed by atoms with Gasteiger partial charge in [0.15, 0.2) is 17.4 Å². The smallest absolute Gasteiger partial charge is 0.264 e. The monoisotopic (exact) mass is 474 g/mol. The van der Waals surface area contributed by atoms with Crippen molar-refractivity contribution in [2.45, 2.75) is 19.4 Å². The van der Waals surface area contributed by atoms with Crippen LogP contribution in [-0.2, 0) is 13.6 Å². The van der Waals surface area contributed by atoms with E-state index in [-0.39, 0.29) is 34.2 Å². The molecule has 0 aliphatic carbocycles. The molecule has 0 saturated carbocycles. The summed E-state index contributed by atoms with van der Waals surface area (Å²) in [6.45, 7) is -2.67. The van der Waals surface area contributed by atoms with Crippen molar-refractivity contribution in [3.8, 4) is 5.75 Å². The van der Waals surface area contributed by atoms with E-state index in [0.717, 1.165) is 11.6 Å². The third kappa shape index (κ3) is 4.72. The number of aryl methyl sites for hydroxylation is 1. The number of methoxy groups -OCH3 is 1. The van der Waals surface area contributed by atoms with Gasteiger partial charge >= 0.3 is 0 Å². The van der Waals surface area contributed by atoms with Crippen LogP contribution in [0.25, 0.3) is 10.9 Å². The van der Waals surface area contributed by atoms with E-state index in [1.54, 1.807) is 24.0 Å². The highest BCUT2D eigenvalue weighted by Gasteiger charge is 2.26. The van der Waals surface area contributed by atoms with E-state index < -0.39 is 25.4 Å². The second kappa shape index (κ2) is 8.92. The molecule has 0 unspecified atom stereocenters. The van der Waals surface area contributed by atoms with Crippen LogP contribution >= 0.6 is 0 Å². The van der Waals surface area contributed by atoms with E-state index in [1.807, 2.05) is 5.32 Å². The van der Waals surface area contributed by atoms with E-state index >= 15 is 0 Å². The molecule has 13 heteroatoms. The molecule has 3 N–H and O–H groups in total. The lowest BCUT2D eigenvalue weighted by molar-refractivity contribution is 0.00174. The Labute approximate surface area is 197 Å². The highest BCUT2D eigenvalue weighted by Crippen LogP contribution is 2.35. The summed E-state index contributed by atoms with van der Waals surface area (Å²) >= 11 is 0. The molecule has 0 fully saturated rings. The van der Waals surface area contributed by atoms with Gasteiger partial charge in [0.1, 0.15) is 17.9 Å². The van der Waals surface area contributed by atoms with Crippen LogP contribution in [0.1, 0.15) is 21.4 Å². The number of nitrogens with zero attached hydrogens (tertiary/aromatic N) is 6. The number of aromatic nitrogens is 6. The molecule has 0 aliphatic heterocycles. The highest BCUT2D eigenvalue weighted by atomic mass is 19.3. The number of hydrogen-bond donors (Lipinski definition) is 3. The minimum absolute atomic E-state index is 0.0779. The van der Waals surface area contributed by atoms with E-state index in [1.165, 1.54) is 31.8 Å². The standard InChI is InChI=1S/C21H23F2N9O2/c1-21(22,23)11-32-17-12(9-27-32)8-26-19(18(17)34-4)28-14-7-16(25-10-13(14)20(33)24-2)29-15-5-6-31(3)30-15/h5-10H,11H2,1-4H3,(H,24,33)(H2,25,26,28,29,30)/i2D3. The SMILES string of the molecule is [2H]C([2H])([2H])NC(=O)c1cnc(Nc2ccn(C)n2)cc1Nc1ncc2cnn(CC(C)(F)F)c2c1OC. The molecule has 0 aliphatic rings. The highest BCUT2D eigenvalue weighted by molar-refractivity contribution is 6.01. The molecule has 0 spiro atoms. The number of hydrogen-bond acceptors (Lipinski definition) is 8. The predicted octanol–water partition coefficient (Wildman–Crippen LogP) is 3.07. The van der Waals surface area contributed by atoms with Crippen LogP contribution in [-0.4, -0.2) is 55.4 Å². The average Bonchev–Trinajstić information content (AvgIpc) is 3.37. The van der Waals surface area contributed by atoms with Gasteiger partial charge in [0, 0.05) is 61.2 Å². The Kier molecular flexibility index (Phi) is 5.04. The van der Waals surface area contributed by atoms with Gasteiger partial charge in [-0.2, -0.15) is 10.2 Å². The van der Waals surface area contributed by atoms with Crippen molar-refractivity contribution in [2.75, 3.05) is 24.7 Å². The number of rotatable bonds is 8. The predicted molar refractivity (Wildman–Crippen MR) is 122 cm³/mol. The number of anilines is 4. The van der Waals surface area contributed by atoms with Gasteiger partial charge in [-0.15, -0.1) is 0 Å². The lowest BCUT2D eigenvalue weighted by Crippen LogP contribution is -2.20. The number of carbonyl (C=O) groups is 1. The number of nitrogens with one attached hydrogen (secondary N) is 3. The number of ether oxygens (including phenoxy) is 1. The van der Waals surface area contributed by atoms with Gasteiger partial charge in [0.2, 0.25) is 0 Å². The van der Waals surface area contributed by atoms with E-state index in [0.29, 0.717) is 11.2 Å². The number of carbonyl (C=O) groups excluding carboxylic acids is 1. The van der Waals surface area contributed by atoms with E-state index in [2.05, 4.69) is 30.8 Å². The van der Waals surface area contributed by atoms with Gasteiger partial charge in [-0.1, -0.05) is 0 Å². The Morgan fingerprint density at radius 1 is 1.24 bits per heavy atom. The van der Waals surface area contributed by atoms with Gasteiger partial charge in [-0.05, 0) is 0 Å². The molecule has 0 radical (unpaired) electrons. The summed E-state index contributed by atoms with van der Waals surface area (Å²) in [7, 11) is 3.08. The van der Waals surface area contributed by atoms with Crippen molar-refractivity contribution >= 4 is 40.0 Å². The summed E-state index contributed by atoms with van der Waals surface area (Å²) in [5, 5.41) is 16.5. The topological polar surface area (TPSA) is 124 Å². The first-order valence-corrected chi connectivity index (χ1v) is 9.95. The average molecular weight is 474 g/mol. The first-order valence-electron chi connectivity index (χ1n) is 11.5. The normalized spacial score (nSPS) is 13.1. The van der Waals surface area contributed by atoms with Gasteiger partial charge in [-0.3, -0.25) is 14.2 Å². The van der Waals surface area contributed by atoms with Crippen LogP contribution in [0.4, 0.5) is 31.9 Å². The van der Waals surface area contributed by atoms with Crippen molar-refractivity contribution in [1.82, 2.24) is 34.8 Å². The van der Waals surface area contributed by atoms with Crippen LogP contribution < -0.4 is 20.7 Å². The van der Waals surface area contributed by atoms with Gasteiger partial charge in [-0.25, -0.2) is 18.7 Å². The molecular weight excluding hydrogens is 448 g/mol. The summed E-state index contributed by atoms with van der Waals surface area (Å²) in [6, 6.07) is 3.15. The fraction of sp³-hybridized carbons (Fsp3) is 0.286. The van der Waals surface area contributed by atoms with Crippen molar-refractivity contribution in [2.24, 2.45) is 7.05 Å². The number of halogens is 2. The molecular formula is C21H23F2N9O2. The maximum absolute atomic E-state index is 13.8. The third-order valence-corrected chi connectivity index (χ3v) is 4.75. The maximum Gasteiger partial charge on any atom is 0.264 e. The van der Waals surface area contributed by atoms with E-state index in [4.69, 9.17) is 8.85 Å². The molecule has 4 heterocycles. The fourth-order valence-corrected chi connectivity index (χ4v) is 3.33. The molecule has 34 heavy (non-hydrogen) atoms. The first kappa shape index (κ1) is 19.2. The quantitative estimate of drug-likeness (QED) is 0.356. The molecule has 178 valence electrons. The zero-order chi connectivity index (χ0) is 27.0. The van der Waals surface area contributed by atoms with E-state index in [9.17, 15) is 13.6 Å². The fourth-order valence-electron chi connectivity index (χ4n) is 3.33. The third-order valence-electron chi connectivity index (χ3n) is 4.75. The molecule has 0 atom stereocenters. The summed E-state index contributed by atoms with van der Waals surface area (Å²) in [4.78, 5) is 21.2. The Hall–Kier alpha value is -4.29. The molecule has 0 bridgehead atoms. The van der Waals surface area contributed by atoms with Crippen molar-refractivity contribution in [3.05, 3.63) is 42.5 Å². The molecule has 1 amide bonds. The Morgan fingerprint density at radius 2 is 2.06 bits per heavy atom. The van der Waals surface area contributed by atoms with Crippen molar-refractivity contribution in [3.63, 3.8) is 0 Å². The van der Waals surface area contributed by atoms with Crippen LogP contribution in [0, 0.1) is 0 Å². The minimum Gasteiger partial charge on any atom is -0.491 e. The van der Waals surface area contributed by atoms with Crippen LogP contribution in [0.2, 0.25) is 0 Å². The molecule has 4 aromatic rings. The molecule has 0 saturated heterocycles. The zero-order valence-electron chi connectivity index (χ0n) is 21.4. The second-order valence-corrected chi connectivity index (χ2v) is 7.51. The number of fused-ring (bicyclic) bond motifs is 1. The van der Waals surface area contributed by atoms with Crippen LogP contribution in [0.3, 0.4) is 0 Å². The number of amides is 1. The first-order chi connectivity index (χ1) is 17.3. The number of pyridine rings is 2. The minimum atomic E-state index is -3.04. The summed E-state index contributed by atoms with van der Waals surface area (Å²) in [6.07, 6.45) is 5.69. The number of alkyl halides is 2. The summed E-state index contributed by atoms with van der Waals surface area (Å²) < 4.78 is 57.8.